The molecule has 0 saturated carbocycles. The smallest absolute Gasteiger partial charge is 0.0594 e. The monoisotopic (exact) mass is 283 g/mol. The van der Waals surface area contributed by atoms with E-state index < -0.39 is 0 Å². The summed E-state index contributed by atoms with van der Waals surface area (Å²) in [6.45, 7) is 14.2. The van der Waals surface area contributed by atoms with Crippen LogP contribution in [-0.4, -0.2) is 81.9 Å². The topological polar surface area (TPSA) is 39.8 Å². The van der Waals surface area contributed by atoms with Crippen LogP contribution >= 0.6 is 0 Å². The lowest BCUT2D eigenvalue weighted by Crippen LogP contribution is -2.40. The standard InChI is InChI=1S/C15H31N4O/c1-2-9-18(8-1)10-3-4-16-5-6-17-7-11-19-12-14-20-15-13-19/h6,16-17H,1-5,7-15H2. The Hall–Kier alpha value is -0.200. The summed E-state index contributed by atoms with van der Waals surface area (Å²) in [5.74, 6) is 0. The molecule has 5 nitrogen and oxygen atoms in total. The van der Waals surface area contributed by atoms with E-state index in [1.807, 2.05) is 0 Å². The number of likely N-dealkylation sites (tertiary alicyclic amines) is 1. The largest absolute Gasteiger partial charge is 0.379 e. The van der Waals surface area contributed by atoms with Gasteiger partial charge in [0.05, 0.1) is 13.2 Å². The molecule has 117 valence electrons. The zero-order valence-corrected chi connectivity index (χ0v) is 12.8. The zero-order valence-electron chi connectivity index (χ0n) is 12.8. The van der Waals surface area contributed by atoms with Crippen LogP contribution in [-0.2, 0) is 4.74 Å². The molecule has 0 amide bonds. The van der Waals surface area contributed by atoms with E-state index in [9.17, 15) is 0 Å². The van der Waals surface area contributed by atoms with Crippen molar-refractivity contribution in [2.45, 2.75) is 19.3 Å². The van der Waals surface area contributed by atoms with Gasteiger partial charge in [0.15, 0.2) is 0 Å². The maximum Gasteiger partial charge on any atom is 0.0594 e. The Labute approximate surface area is 124 Å². The first-order valence-corrected chi connectivity index (χ1v) is 8.23. The lowest BCUT2D eigenvalue weighted by atomic mass is 10.4. The summed E-state index contributed by atoms with van der Waals surface area (Å²) in [7, 11) is 0. The molecule has 0 bridgehead atoms. The second kappa shape index (κ2) is 10.5. The van der Waals surface area contributed by atoms with Crippen LogP contribution in [0, 0.1) is 6.54 Å². The molecule has 0 aliphatic carbocycles. The molecule has 2 fully saturated rings. The van der Waals surface area contributed by atoms with E-state index in [1.54, 1.807) is 0 Å². The molecule has 0 unspecified atom stereocenters. The van der Waals surface area contributed by atoms with Crippen LogP contribution < -0.4 is 10.6 Å². The van der Waals surface area contributed by atoms with Crippen molar-refractivity contribution < 1.29 is 4.74 Å². The second-order valence-corrected chi connectivity index (χ2v) is 5.72. The minimum atomic E-state index is 0.891. The van der Waals surface area contributed by atoms with Gasteiger partial charge in [0.2, 0.25) is 0 Å². The Balaban J connectivity index is 1.29. The number of morpholine rings is 1. The van der Waals surface area contributed by atoms with Crippen molar-refractivity contribution in [1.82, 2.24) is 20.4 Å². The molecule has 2 saturated heterocycles. The second-order valence-electron chi connectivity index (χ2n) is 5.72. The summed E-state index contributed by atoms with van der Waals surface area (Å²) >= 11 is 0. The number of hydrogen-bond donors (Lipinski definition) is 2. The van der Waals surface area contributed by atoms with Crippen molar-refractivity contribution in [3.8, 4) is 0 Å². The molecule has 2 heterocycles. The van der Waals surface area contributed by atoms with Gasteiger partial charge in [-0.2, -0.15) is 0 Å². The third-order valence-electron chi connectivity index (χ3n) is 4.09. The van der Waals surface area contributed by atoms with Crippen molar-refractivity contribution in [2.75, 3.05) is 72.1 Å². The van der Waals surface area contributed by atoms with E-state index in [2.05, 4.69) is 27.0 Å². The van der Waals surface area contributed by atoms with Gasteiger partial charge < -0.3 is 20.3 Å². The highest BCUT2D eigenvalue weighted by Gasteiger charge is 2.10. The summed E-state index contributed by atoms with van der Waals surface area (Å²) in [5.41, 5.74) is 0. The first-order chi connectivity index (χ1) is 9.95. The molecule has 2 aliphatic rings. The summed E-state index contributed by atoms with van der Waals surface area (Å²) in [5, 5.41) is 6.85. The number of hydrogen-bond acceptors (Lipinski definition) is 5. The van der Waals surface area contributed by atoms with Crippen molar-refractivity contribution in [3.05, 3.63) is 6.54 Å². The van der Waals surface area contributed by atoms with Gasteiger partial charge in [-0.3, -0.25) is 4.90 Å². The average Bonchev–Trinajstić information content (AvgIpc) is 3.00. The zero-order chi connectivity index (χ0) is 13.9. The molecule has 0 spiro atoms. The van der Waals surface area contributed by atoms with Crippen LogP contribution in [0.3, 0.4) is 0 Å². The average molecular weight is 283 g/mol. The minimum Gasteiger partial charge on any atom is -0.379 e. The van der Waals surface area contributed by atoms with E-state index in [-0.39, 0.29) is 0 Å². The van der Waals surface area contributed by atoms with Crippen molar-refractivity contribution >= 4 is 0 Å². The summed E-state index contributed by atoms with van der Waals surface area (Å²) in [6, 6.07) is 0. The van der Waals surface area contributed by atoms with Crippen molar-refractivity contribution in [2.24, 2.45) is 0 Å². The molecule has 5 heteroatoms. The summed E-state index contributed by atoms with van der Waals surface area (Å²) in [6.07, 6.45) is 4.06. The SMILES string of the molecule is [CH](CNCCCN1CCCC1)NCCN1CCOCC1. The number of rotatable bonds is 10. The lowest BCUT2D eigenvalue weighted by molar-refractivity contribution is 0.0386. The number of nitrogens with one attached hydrogen (secondary N) is 2. The first kappa shape index (κ1) is 16.2. The Bertz CT molecular complexity index is 228. The normalized spacial score (nSPS) is 21.6. The van der Waals surface area contributed by atoms with Crippen LogP contribution in [0.5, 0.6) is 0 Å². The predicted molar refractivity (Wildman–Crippen MR) is 82.7 cm³/mol. The number of ether oxygens (including phenoxy) is 1. The van der Waals surface area contributed by atoms with Crippen LogP contribution in [0.2, 0.25) is 0 Å². The Morgan fingerprint density at radius 1 is 0.900 bits per heavy atom. The van der Waals surface area contributed by atoms with Crippen molar-refractivity contribution in [1.29, 1.82) is 0 Å². The third kappa shape index (κ3) is 6.99. The minimum absolute atomic E-state index is 0.891. The molecular formula is C15H31N4O. The van der Waals surface area contributed by atoms with Crippen LogP contribution in [0.1, 0.15) is 19.3 Å². The molecule has 1 radical (unpaired) electrons. The molecule has 0 aromatic heterocycles. The summed E-state index contributed by atoms with van der Waals surface area (Å²) in [4.78, 5) is 5.03. The van der Waals surface area contributed by atoms with Gasteiger partial charge in [-0.25, -0.2) is 0 Å². The van der Waals surface area contributed by atoms with Crippen LogP contribution in [0.4, 0.5) is 0 Å². The Kier molecular flexibility index (Phi) is 8.50. The Morgan fingerprint density at radius 3 is 2.45 bits per heavy atom. The fourth-order valence-corrected chi connectivity index (χ4v) is 2.83. The van der Waals surface area contributed by atoms with Crippen LogP contribution in [0.15, 0.2) is 0 Å². The van der Waals surface area contributed by atoms with Gasteiger partial charge in [0.1, 0.15) is 0 Å². The third-order valence-corrected chi connectivity index (χ3v) is 4.09. The Morgan fingerprint density at radius 2 is 1.65 bits per heavy atom. The van der Waals surface area contributed by atoms with E-state index in [0.717, 1.165) is 52.5 Å². The highest BCUT2D eigenvalue weighted by molar-refractivity contribution is 4.70. The van der Waals surface area contributed by atoms with E-state index >= 15 is 0 Å². The molecule has 2 rings (SSSR count). The number of nitrogens with zero attached hydrogens (tertiary/aromatic N) is 2. The van der Waals surface area contributed by atoms with Crippen molar-refractivity contribution in [3.63, 3.8) is 0 Å². The van der Waals surface area contributed by atoms with Gasteiger partial charge in [-0.15, -0.1) is 0 Å². The first-order valence-electron chi connectivity index (χ1n) is 8.23. The fourth-order valence-electron chi connectivity index (χ4n) is 2.83. The van der Waals surface area contributed by atoms with Gasteiger partial charge >= 0.3 is 0 Å². The lowest BCUT2D eigenvalue weighted by Gasteiger charge is -2.26. The van der Waals surface area contributed by atoms with E-state index in [1.165, 1.54) is 38.9 Å². The van der Waals surface area contributed by atoms with Gasteiger partial charge in [0, 0.05) is 39.3 Å². The quantitative estimate of drug-likeness (QED) is 0.558. The van der Waals surface area contributed by atoms with Crippen LogP contribution in [0.25, 0.3) is 0 Å². The molecule has 0 atom stereocenters. The fraction of sp³-hybridized carbons (Fsp3) is 0.933. The molecule has 2 N–H and O–H groups in total. The van der Waals surface area contributed by atoms with E-state index in [0.29, 0.717) is 0 Å². The summed E-state index contributed by atoms with van der Waals surface area (Å²) < 4.78 is 5.34. The molecular weight excluding hydrogens is 252 g/mol. The molecule has 20 heavy (non-hydrogen) atoms. The predicted octanol–water partition coefficient (Wildman–Crippen LogP) is 0.145. The highest BCUT2D eigenvalue weighted by Crippen LogP contribution is 2.06. The maximum atomic E-state index is 5.34. The molecule has 2 aliphatic heterocycles. The molecule has 0 aromatic carbocycles. The maximum absolute atomic E-state index is 5.34. The molecule has 0 aromatic rings. The van der Waals surface area contributed by atoms with E-state index in [4.69, 9.17) is 4.74 Å². The van der Waals surface area contributed by atoms with Gasteiger partial charge in [-0.1, -0.05) is 0 Å². The van der Waals surface area contributed by atoms with Gasteiger partial charge in [0.25, 0.3) is 0 Å². The van der Waals surface area contributed by atoms with Gasteiger partial charge in [-0.05, 0) is 45.4 Å². The highest BCUT2D eigenvalue weighted by atomic mass is 16.5.